The van der Waals surface area contributed by atoms with Gasteiger partial charge in [0.05, 0.1) is 17.9 Å². The Kier molecular flexibility index (Phi) is 6.50. The summed E-state index contributed by atoms with van der Waals surface area (Å²) < 4.78 is 19.5. The zero-order chi connectivity index (χ0) is 18.4. The summed E-state index contributed by atoms with van der Waals surface area (Å²) in [4.78, 5) is 18.5. The van der Waals surface area contributed by atoms with Gasteiger partial charge in [0.1, 0.15) is 25.0 Å². The van der Waals surface area contributed by atoms with Crippen molar-refractivity contribution in [2.24, 2.45) is 5.73 Å². The van der Waals surface area contributed by atoms with Gasteiger partial charge in [0.15, 0.2) is 0 Å². The number of anilines is 2. The van der Waals surface area contributed by atoms with Crippen molar-refractivity contribution in [3.63, 3.8) is 0 Å². The quantitative estimate of drug-likeness (QED) is 0.649. The van der Waals surface area contributed by atoms with Crippen LogP contribution in [0.1, 0.15) is 0 Å². The first-order valence-electron chi connectivity index (χ1n) is 7.76. The Labute approximate surface area is 151 Å². The minimum Gasteiger partial charge on any atom is -0.443 e. The number of halogens is 1. The number of piperazine rings is 1. The summed E-state index contributed by atoms with van der Waals surface area (Å²) >= 11 is 3.83. The number of benzene rings is 1. The molecule has 2 N–H and O–H groups in total. The molecular formula is C16H20FN5O2S. The smallest absolute Gasteiger partial charge is 0.414 e. The van der Waals surface area contributed by atoms with Gasteiger partial charge in [-0.25, -0.2) is 9.18 Å². The van der Waals surface area contributed by atoms with E-state index in [2.05, 4.69) is 23.0 Å². The molecule has 2 aliphatic rings. The lowest BCUT2D eigenvalue weighted by molar-refractivity contribution is 0.145. The maximum atomic E-state index is 14.5. The minimum absolute atomic E-state index is 0.244. The van der Waals surface area contributed by atoms with E-state index < -0.39 is 6.09 Å². The van der Waals surface area contributed by atoms with Gasteiger partial charge in [-0.1, -0.05) is 12.2 Å². The number of thiocarbonyl (C=S) groups is 1. The van der Waals surface area contributed by atoms with Crippen LogP contribution in [0.5, 0.6) is 0 Å². The van der Waals surface area contributed by atoms with E-state index in [1.54, 1.807) is 17.1 Å². The highest BCUT2D eigenvalue weighted by atomic mass is 32.1. The Morgan fingerprint density at radius 2 is 2.04 bits per heavy atom. The molecule has 0 unspecified atom stereocenters. The fraction of sp³-hybridized carbons (Fsp3) is 0.438. The number of hydrogen-bond donors (Lipinski definition) is 1. The Bertz CT molecular complexity index is 660. The standard InChI is InChI=1S/C15H18FN5O2.CH2S/c1-18-20-6-4-19(5-7-20)14-3-2-11(8-13(14)16)21-10-12(9-17)23-15(21)22;1-2/h2-3,8,12H,4-7,9-10,17H2;1H2/t12-;/m0./s1. The molecule has 2 saturated heterocycles. The lowest BCUT2D eigenvalue weighted by Gasteiger charge is -2.31. The van der Waals surface area contributed by atoms with Crippen LogP contribution in [0, 0.1) is 12.4 Å². The van der Waals surface area contributed by atoms with E-state index in [-0.39, 0.29) is 18.5 Å². The van der Waals surface area contributed by atoms with Crippen molar-refractivity contribution >= 4 is 35.6 Å². The summed E-state index contributed by atoms with van der Waals surface area (Å²) in [6, 6.07) is 4.72. The lowest BCUT2D eigenvalue weighted by atomic mass is 10.2. The van der Waals surface area contributed by atoms with Gasteiger partial charge >= 0.3 is 6.09 Å². The number of rotatable bonds is 3. The van der Waals surface area contributed by atoms with Crippen molar-refractivity contribution < 1.29 is 13.9 Å². The molecule has 25 heavy (non-hydrogen) atoms. The van der Waals surface area contributed by atoms with Crippen molar-refractivity contribution in [2.75, 3.05) is 49.1 Å². The molecule has 0 radical (unpaired) electrons. The Balaban J connectivity index is 0.00000109. The van der Waals surface area contributed by atoms with E-state index >= 15 is 0 Å². The Morgan fingerprint density at radius 3 is 2.56 bits per heavy atom. The van der Waals surface area contributed by atoms with E-state index in [1.165, 1.54) is 11.0 Å². The van der Waals surface area contributed by atoms with Gasteiger partial charge < -0.3 is 15.4 Å². The number of nitrogens with two attached hydrogens (primary N) is 1. The van der Waals surface area contributed by atoms with E-state index in [4.69, 9.17) is 17.0 Å². The normalized spacial score (nSPS) is 19.8. The van der Waals surface area contributed by atoms with E-state index in [1.807, 2.05) is 4.90 Å². The lowest BCUT2D eigenvalue weighted by Crippen LogP contribution is -2.43. The fourth-order valence-corrected chi connectivity index (χ4v) is 2.81. The molecule has 1 aromatic carbocycles. The first-order chi connectivity index (χ1) is 12.1. The second kappa shape index (κ2) is 8.60. The summed E-state index contributed by atoms with van der Waals surface area (Å²) in [7, 11) is 0. The third-order valence-corrected chi connectivity index (χ3v) is 4.12. The van der Waals surface area contributed by atoms with Crippen molar-refractivity contribution in [3.05, 3.63) is 35.5 Å². The number of carbonyl (C=O) groups excluding carboxylic acids is 1. The van der Waals surface area contributed by atoms with Crippen LogP contribution in [0.3, 0.4) is 0 Å². The van der Waals surface area contributed by atoms with Gasteiger partial charge in [-0.15, -0.1) is 5.01 Å². The van der Waals surface area contributed by atoms with Crippen LogP contribution in [-0.4, -0.2) is 62.3 Å². The summed E-state index contributed by atoms with van der Waals surface area (Å²) in [6.45, 7) is 9.92. The van der Waals surface area contributed by atoms with Crippen molar-refractivity contribution in [1.29, 1.82) is 0 Å². The molecule has 0 aliphatic carbocycles. The highest BCUT2D eigenvalue weighted by Gasteiger charge is 2.32. The van der Waals surface area contributed by atoms with Gasteiger partial charge in [-0.3, -0.25) is 4.90 Å². The molecule has 2 fully saturated rings. The summed E-state index contributed by atoms with van der Waals surface area (Å²) in [5.74, 6) is 2.45. The molecule has 2 heterocycles. The molecule has 9 heteroatoms. The molecule has 0 spiro atoms. The highest BCUT2D eigenvalue weighted by molar-refractivity contribution is 7.77. The van der Waals surface area contributed by atoms with Gasteiger partial charge in [0, 0.05) is 19.6 Å². The molecule has 0 bridgehead atoms. The summed E-state index contributed by atoms with van der Waals surface area (Å²) in [5, 5.41) is 1.63. The topological polar surface area (TPSA) is 66.4 Å². The van der Waals surface area contributed by atoms with Crippen LogP contribution >= 0.6 is 12.2 Å². The average Bonchev–Trinajstić information content (AvgIpc) is 3.04. The number of cyclic esters (lactones) is 1. The number of hydrogen-bond acceptors (Lipinski definition) is 6. The van der Waals surface area contributed by atoms with Gasteiger partial charge in [0.25, 0.3) is 0 Å². The van der Waals surface area contributed by atoms with E-state index in [0.717, 1.165) is 0 Å². The molecule has 2 aliphatic heterocycles. The molecule has 1 atom stereocenters. The second-order valence-electron chi connectivity index (χ2n) is 5.53. The molecule has 0 aromatic heterocycles. The first kappa shape index (κ1) is 18.9. The van der Waals surface area contributed by atoms with Gasteiger partial charge in [-0.05, 0) is 24.1 Å². The Hall–Kier alpha value is -2.44. The minimum atomic E-state index is -0.502. The van der Waals surface area contributed by atoms with Gasteiger partial charge in [-0.2, -0.15) is 11.5 Å². The molecule has 1 aromatic rings. The monoisotopic (exact) mass is 365 g/mol. The highest BCUT2D eigenvalue weighted by Crippen LogP contribution is 2.28. The van der Waals surface area contributed by atoms with Crippen molar-refractivity contribution in [3.8, 4) is 0 Å². The maximum absolute atomic E-state index is 14.5. The second-order valence-corrected chi connectivity index (χ2v) is 5.53. The van der Waals surface area contributed by atoms with Crippen LogP contribution < -0.4 is 15.5 Å². The largest absolute Gasteiger partial charge is 0.443 e. The van der Waals surface area contributed by atoms with Crippen LogP contribution in [-0.2, 0) is 4.74 Å². The number of carbonyl (C=O) groups is 1. The molecule has 1 amide bonds. The average molecular weight is 365 g/mol. The van der Waals surface area contributed by atoms with Crippen molar-refractivity contribution in [2.45, 2.75) is 6.10 Å². The predicted molar refractivity (Wildman–Crippen MR) is 98.2 cm³/mol. The molecule has 7 nitrogen and oxygen atoms in total. The third kappa shape index (κ3) is 4.15. The Morgan fingerprint density at radius 1 is 1.36 bits per heavy atom. The van der Waals surface area contributed by atoms with E-state index in [0.29, 0.717) is 44.1 Å². The molecule has 134 valence electrons. The van der Waals surface area contributed by atoms with Crippen LogP contribution in [0.2, 0.25) is 0 Å². The van der Waals surface area contributed by atoms with Gasteiger partial charge in [0.2, 0.25) is 0 Å². The van der Waals surface area contributed by atoms with Crippen LogP contribution in [0.25, 0.3) is 4.95 Å². The molecular weight excluding hydrogens is 345 g/mol. The zero-order valence-electron chi connectivity index (χ0n) is 13.7. The number of amides is 1. The SMILES string of the molecule is C=S.[C-]#[N+]N1CCN(c2ccc(N3C[C@H](CN)OC3=O)cc2F)CC1. The van der Waals surface area contributed by atoms with E-state index in [9.17, 15) is 9.18 Å². The first-order valence-corrected chi connectivity index (χ1v) is 8.34. The van der Waals surface area contributed by atoms with Crippen LogP contribution in [0.15, 0.2) is 18.2 Å². The van der Waals surface area contributed by atoms with Crippen molar-refractivity contribution in [1.82, 2.24) is 5.01 Å². The zero-order valence-corrected chi connectivity index (χ0v) is 14.5. The maximum Gasteiger partial charge on any atom is 0.414 e. The van der Waals surface area contributed by atoms with Crippen LogP contribution in [0.4, 0.5) is 20.6 Å². The molecule has 0 saturated carbocycles. The summed E-state index contributed by atoms with van der Waals surface area (Å²) in [5.41, 5.74) is 6.45. The predicted octanol–water partition coefficient (Wildman–Crippen LogP) is 1.68. The molecule has 3 rings (SSSR count). The number of ether oxygens (including phenoxy) is 1. The number of nitrogens with zero attached hydrogens (tertiary/aromatic N) is 4. The summed E-state index contributed by atoms with van der Waals surface area (Å²) in [6.07, 6.45) is -0.856. The fourth-order valence-electron chi connectivity index (χ4n) is 2.81. The third-order valence-electron chi connectivity index (χ3n) is 4.12.